The minimum Gasteiger partial charge on any atom is -0.253 e. The third-order valence-electron chi connectivity index (χ3n) is 3.34. The Balaban J connectivity index is 2.45. The van der Waals surface area contributed by atoms with Crippen LogP contribution in [0.3, 0.4) is 0 Å². The Labute approximate surface area is 119 Å². The highest BCUT2D eigenvalue weighted by Crippen LogP contribution is 2.27. The van der Waals surface area contributed by atoms with E-state index in [-0.39, 0.29) is 0 Å². The number of allylic oxidation sites excluding steroid dienone is 2. The van der Waals surface area contributed by atoms with Crippen LogP contribution in [-0.2, 0) is 0 Å². The van der Waals surface area contributed by atoms with E-state index in [1.54, 1.807) is 11.8 Å². The number of thioether (sulfide) groups is 1. The van der Waals surface area contributed by atoms with E-state index in [4.69, 9.17) is 0 Å². The molecule has 0 fully saturated rings. The van der Waals surface area contributed by atoms with Crippen molar-refractivity contribution in [3.63, 3.8) is 0 Å². The quantitative estimate of drug-likeness (QED) is 0.722. The zero-order valence-electron chi connectivity index (χ0n) is 11.9. The molecule has 2 heteroatoms. The summed E-state index contributed by atoms with van der Waals surface area (Å²) >= 11 is 1.77. The van der Waals surface area contributed by atoms with Gasteiger partial charge in [-0.15, -0.1) is 11.8 Å². The summed E-state index contributed by atoms with van der Waals surface area (Å²) in [5.41, 5.74) is 5.91. The third-order valence-corrected chi connectivity index (χ3v) is 4.06. The van der Waals surface area contributed by atoms with Gasteiger partial charge in [-0.05, 0) is 68.0 Å². The van der Waals surface area contributed by atoms with E-state index >= 15 is 0 Å². The van der Waals surface area contributed by atoms with Gasteiger partial charge in [-0.1, -0.05) is 18.2 Å². The summed E-state index contributed by atoms with van der Waals surface area (Å²) in [6, 6.07) is 14.8. The van der Waals surface area contributed by atoms with Gasteiger partial charge in [0.15, 0.2) is 0 Å². The molecule has 2 aromatic rings. The summed E-state index contributed by atoms with van der Waals surface area (Å²) in [7, 11) is 0. The maximum Gasteiger partial charge on any atom is 0.0664 e. The molecule has 0 bridgehead atoms. The second kappa shape index (κ2) is 6.07. The Morgan fingerprint density at radius 2 is 1.74 bits per heavy atom. The van der Waals surface area contributed by atoms with Crippen molar-refractivity contribution in [1.29, 1.82) is 0 Å². The standard InChI is InChI=1S/C17H19NS/c1-12-7-5-10-17(18-12)14(3)13(2)15-8-6-9-16(11-15)19-4/h5-11H,1-4H3/b14-13-. The number of benzene rings is 1. The van der Waals surface area contributed by atoms with Gasteiger partial charge in [0, 0.05) is 10.6 Å². The van der Waals surface area contributed by atoms with Crippen molar-refractivity contribution >= 4 is 22.9 Å². The summed E-state index contributed by atoms with van der Waals surface area (Å²) in [5.74, 6) is 0. The van der Waals surface area contributed by atoms with Crippen LogP contribution in [-0.4, -0.2) is 11.2 Å². The van der Waals surface area contributed by atoms with Gasteiger partial charge >= 0.3 is 0 Å². The fourth-order valence-corrected chi connectivity index (χ4v) is 2.48. The Morgan fingerprint density at radius 1 is 1.00 bits per heavy atom. The lowest BCUT2D eigenvalue weighted by molar-refractivity contribution is 1.17. The molecule has 0 aliphatic carbocycles. The molecule has 19 heavy (non-hydrogen) atoms. The first kappa shape index (κ1) is 13.9. The molecule has 1 aromatic carbocycles. The fraction of sp³-hybridized carbons (Fsp3) is 0.235. The molecular weight excluding hydrogens is 250 g/mol. The molecule has 1 aromatic heterocycles. The van der Waals surface area contributed by atoms with Gasteiger partial charge in [-0.2, -0.15) is 0 Å². The fourth-order valence-electron chi connectivity index (χ4n) is 2.02. The van der Waals surface area contributed by atoms with Crippen LogP contribution in [0, 0.1) is 6.92 Å². The molecule has 0 amide bonds. The van der Waals surface area contributed by atoms with Crippen molar-refractivity contribution in [2.75, 3.05) is 6.26 Å². The molecule has 2 rings (SSSR count). The lowest BCUT2D eigenvalue weighted by atomic mass is 10.00. The lowest BCUT2D eigenvalue weighted by Gasteiger charge is -2.09. The van der Waals surface area contributed by atoms with Gasteiger partial charge in [0.1, 0.15) is 0 Å². The van der Waals surface area contributed by atoms with Crippen LogP contribution in [0.4, 0.5) is 0 Å². The second-order valence-corrected chi connectivity index (χ2v) is 5.53. The summed E-state index contributed by atoms with van der Waals surface area (Å²) in [6.45, 7) is 6.34. The maximum absolute atomic E-state index is 4.60. The maximum atomic E-state index is 4.60. The number of hydrogen-bond donors (Lipinski definition) is 0. The smallest absolute Gasteiger partial charge is 0.0664 e. The highest BCUT2D eigenvalue weighted by molar-refractivity contribution is 7.98. The molecule has 0 aliphatic rings. The summed E-state index contributed by atoms with van der Waals surface area (Å²) in [6.07, 6.45) is 2.10. The molecule has 98 valence electrons. The Hall–Kier alpha value is -1.54. The number of nitrogens with zero attached hydrogens (tertiary/aromatic N) is 1. The Kier molecular flexibility index (Phi) is 4.43. The minimum absolute atomic E-state index is 1.06. The molecule has 0 spiro atoms. The summed E-state index contributed by atoms with van der Waals surface area (Å²) in [5, 5.41) is 0. The van der Waals surface area contributed by atoms with Crippen LogP contribution in [0.2, 0.25) is 0 Å². The van der Waals surface area contributed by atoms with Crippen LogP contribution in [0.25, 0.3) is 11.1 Å². The molecule has 0 radical (unpaired) electrons. The van der Waals surface area contributed by atoms with E-state index in [2.05, 4.69) is 61.5 Å². The third kappa shape index (κ3) is 3.27. The molecule has 0 unspecified atom stereocenters. The number of pyridine rings is 1. The average Bonchev–Trinajstić information content (AvgIpc) is 2.45. The van der Waals surface area contributed by atoms with E-state index in [1.165, 1.54) is 21.6 Å². The topological polar surface area (TPSA) is 12.9 Å². The first-order valence-electron chi connectivity index (χ1n) is 6.37. The molecule has 0 saturated heterocycles. The van der Waals surface area contributed by atoms with Gasteiger partial charge in [-0.3, -0.25) is 4.98 Å². The van der Waals surface area contributed by atoms with Gasteiger partial charge in [0.2, 0.25) is 0 Å². The number of aromatic nitrogens is 1. The Bertz CT molecular complexity index is 614. The SMILES string of the molecule is CSc1cccc(/C(C)=C(/C)c2cccc(C)n2)c1. The zero-order chi connectivity index (χ0) is 13.8. The molecule has 1 heterocycles. The number of rotatable bonds is 3. The van der Waals surface area contributed by atoms with Crippen molar-refractivity contribution in [1.82, 2.24) is 4.98 Å². The van der Waals surface area contributed by atoms with Crippen molar-refractivity contribution in [3.8, 4) is 0 Å². The average molecular weight is 269 g/mol. The van der Waals surface area contributed by atoms with E-state index in [1.807, 2.05) is 13.0 Å². The van der Waals surface area contributed by atoms with Crippen molar-refractivity contribution in [3.05, 3.63) is 59.4 Å². The first-order chi connectivity index (χ1) is 9.11. The van der Waals surface area contributed by atoms with E-state index in [0.29, 0.717) is 0 Å². The highest BCUT2D eigenvalue weighted by atomic mass is 32.2. The van der Waals surface area contributed by atoms with Crippen molar-refractivity contribution in [2.45, 2.75) is 25.7 Å². The lowest BCUT2D eigenvalue weighted by Crippen LogP contribution is -1.91. The molecular formula is C17H19NS. The predicted octanol–water partition coefficient (Wildman–Crippen LogP) is 5.06. The molecule has 0 atom stereocenters. The normalized spacial score (nSPS) is 12.2. The first-order valence-corrected chi connectivity index (χ1v) is 7.60. The van der Waals surface area contributed by atoms with Gasteiger partial charge in [-0.25, -0.2) is 0 Å². The molecule has 1 nitrogen and oxygen atoms in total. The number of hydrogen-bond acceptors (Lipinski definition) is 2. The van der Waals surface area contributed by atoms with Gasteiger partial charge < -0.3 is 0 Å². The zero-order valence-corrected chi connectivity index (χ0v) is 12.7. The van der Waals surface area contributed by atoms with Crippen molar-refractivity contribution < 1.29 is 0 Å². The predicted molar refractivity (Wildman–Crippen MR) is 85.4 cm³/mol. The highest BCUT2D eigenvalue weighted by Gasteiger charge is 2.05. The largest absolute Gasteiger partial charge is 0.253 e. The summed E-state index contributed by atoms with van der Waals surface area (Å²) in [4.78, 5) is 5.89. The van der Waals surface area contributed by atoms with Gasteiger partial charge in [0.25, 0.3) is 0 Å². The van der Waals surface area contributed by atoms with E-state index in [9.17, 15) is 0 Å². The molecule has 0 N–H and O–H groups in total. The van der Waals surface area contributed by atoms with E-state index in [0.717, 1.165) is 11.4 Å². The monoisotopic (exact) mass is 269 g/mol. The summed E-state index contributed by atoms with van der Waals surface area (Å²) < 4.78 is 0. The Morgan fingerprint density at radius 3 is 2.42 bits per heavy atom. The van der Waals surface area contributed by atoms with Crippen LogP contribution >= 0.6 is 11.8 Å². The van der Waals surface area contributed by atoms with Crippen LogP contribution in [0.1, 0.15) is 30.8 Å². The van der Waals surface area contributed by atoms with Gasteiger partial charge in [0.05, 0.1) is 5.69 Å². The van der Waals surface area contributed by atoms with E-state index < -0.39 is 0 Å². The van der Waals surface area contributed by atoms with Crippen LogP contribution in [0.5, 0.6) is 0 Å². The second-order valence-electron chi connectivity index (χ2n) is 4.65. The van der Waals surface area contributed by atoms with Crippen LogP contribution < -0.4 is 0 Å². The molecule has 0 saturated carbocycles. The molecule has 0 aliphatic heterocycles. The number of aryl methyl sites for hydroxylation is 1. The van der Waals surface area contributed by atoms with Crippen molar-refractivity contribution in [2.24, 2.45) is 0 Å². The van der Waals surface area contributed by atoms with Crippen LogP contribution in [0.15, 0.2) is 47.4 Å². The minimum atomic E-state index is 1.06.